The van der Waals surface area contributed by atoms with Crippen molar-refractivity contribution in [2.75, 3.05) is 5.32 Å². The quantitative estimate of drug-likeness (QED) is 0.718. The van der Waals surface area contributed by atoms with Crippen molar-refractivity contribution in [2.24, 2.45) is 0 Å². The molecule has 0 radical (unpaired) electrons. The van der Waals surface area contributed by atoms with Gasteiger partial charge in [0.2, 0.25) is 0 Å². The first-order chi connectivity index (χ1) is 9.24. The third-order valence-corrected chi connectivity index (χ3v) is 3.45. The predicted molar refractivity (Wildman–Crippen MR) is 77.5 cm³/mol. The fourth-order valence-corrected chi connectivity index (χ4v) is 2.13. The minimum Gasteiger partial charge on any atom is -0.464 e. The largest absolute Gasteiger partial charge is 0.464 e. The normalized spacial score (nSPS) is 10.8. The average Bonchev–Trinajstić information content (AvgIpc) is 2.83. The van der Waals surface area contributed by atoms with Gasteiger partial charge in [-0.15, -0.1) is 0 Å². The van der Waals surface area contributed by atoms with E-state index in [0.717, 1.165) is 27.8 Å². The van der Waals surface area contributed by atoms with Crippen LogP contribution < -0.4 is 5.32 Å². The molecule has 1 N–H and O–H groups in total. The number of anilines is 1. The number of nitrogens with one attached hydrogen (secondary N) is 1. The second-order valence-electron chi connectivity index (χ2n) is 4.44. The van der Waals surface area contributed by atoms with E-state index in [4.69, 9.17) is 16.0 Å². The van der Waals surface area contributed by atoms with E-state index in [1.54, 1.807) is 12.5 Å². The first-order valence-corrected chi connectivity index (χ1v) is 6.43. The smallest absolute Gasteiger partial charge is 0.134 e. The molecule has 0 unspecified atom stereocenters. The molecule has 1 aromatic carbocycles. The molecular formula is C15H13ClN2O. The van der Waals surface area contributed by atoms with Crippen LogP contribution in [0, 0.1) is 6.92 Å². The van der Waals surface area contributed by atoms with Crippen LogP contribution in [0.2, 0.25) is 5.15 Å². The van der Waals surface area contributed by atoms with Crippen molar-refractivity contribution >= 4 is 28.3 Å². The van der Waals surface area contributed by atoms with Crippen molar-refractivity contribution in [2.45, 2.75) is 13.5 Å². The summed E-state index contributed by atoms with van der Waals surface area (Å²) in [5.74, 6) is 0. The Morgan fingerprint density at radius 1 is 1.32 bits per heavy atom. The van der Waals surface area contributed by atoms with Crippen LogP contribution in [0.3, 0.4) is 0 Å². The summed E-state index contributed by atoms with van der Waals surface area (Å²) in [4.78, 5) is 4.12. The molecule has 0 amide bonds. The molecule has 0 spiro atoms. The second kappa shape index (κ2) is 4.94. The molecule has 3 aromatic rings. The van der Waals surface area contributed by atoms with Gasteiger partial charge in [-0.1, -0.05) is 29.8 Å². The number of nitrogens with zero attached hydrogens (tertiary/aromatic N) is 1. The summed E-state index contributed by atoms with van der Waals surface area (Å²) in [7, 11) is 0. The molecule has 0 atom stereocenters. The van der Waals surface area contributed by atoms with Gasteiger partial charge in [0.15, 0.2) is 0 Å². The molecule has 0 saturated heterocycles. The average molecular weight is 273 g/mol. The molecule has 0 fully saturated rings. The van der Waals surface area contributed by atoms with Crippen LogP contribution in [-0.4, -0.2) is 4.98 Å². The van der Waals surface area contributed by atoms with E-state index in [1.165, 1.54) is 0 Å². The summed E-state index contributed by atoms with van der Waals surface area (Å²) < 4.78 is 5.50. The molecule has 96 valence electrons. The number of rotatable bonds is 3. The minimum atomic E-state index is 0.541. The van der Waals surface area contributed by atoms with E-state index in [2.05, 4.69) is 16.4 Å². The molecule has 2 heterocycles. The van der Waals surface area contributed by atoms with E-state index >= 15 is 0 Å². The maximum atomic E-state index is 5.90. The number of fused-ring (bicyclic) bond motifs is 1. The number of aromatic nitrogens is 1. The molecule has 3 rings (SSSR count). The van der Waals surface area contributed by atoms with Crippen molar-refractivity contribution in [3.63, 3.8) is 0 Å². The minimum absolute atomic E-state index is 0.541. The summed E-state index contributed by atoms with van der Waals surface area (Å²) in [6.07, 6.45) is 3.52. The Labute approximate surface area is 116 Å². The first kappa shape index (κ1) is 12.1. The van der Waals surface area contributed by atoms with Gasteiger partial charge >= 0.3 is 0 Å². The van der Waals surface area contributed by atoms with Crippen LogP contribution in [0.5, 0.6) is 0 Å². The van der Waals surface area contributed by atoms with Crippen LogP contribution in [0.4, 0.5) is 5.69 Å². The molecule has 0 aliphatic rings. The highest BCUT2D eigenvalue weighted by Gasteiger charge is 2.05. The predicted octanol–water partition coefficient (Wildman–Crippen LogP) is 4.40. The zero-order chi connectivity index (χ0) is 13.2. The molecule has 2 aromatic heterocycles. The molecular weight excluding hydrogens is 260 g/mol. The van der Waals surface area contributed by atoms with E-state index < -0.39 is 0 Å². The fourth-order valence-electron chi connectivity index (χ4n) is 2.02. The Bertz CT molecular complexity index is 721. The van der Waals surface area contributed by atoms with Crippen LogP contribution in [0.1, 0.15) is 11.1 Å². The van der Waals surface area contributed by atoms with Gasteiger partial charge in [0.1, 0.15) is 10.7 Å². The van der Waals surface area contributed by atoms with Crippen LogP contribution in [0.15, 0.2) is 47.2 Å². The second-order valence-corrected chi connectivity index (χ2v) is 4.80. The zero-order valence-corrected chi connectivity index (χ0v) is 11.2. The molecule has 3 nitrogen and oxygen atoms in total. The highest BCUT2D eigenvalue weighted by Crippen LogP contribution is 2.22. The van der Waals surface area contributed by atoms with Gasteiger partial charge in [0, 0.05) is 17.5 Å². The fraction of sp³-hybridized carbons (Fsp3) is 0.133. The van der Waals surface area contributed by atoms with Gasteiger partial charge in [-0.2, -0.15) is 0 Å². The summed E-state index contributed by atoms with van der Waals surface area (Å²) in [6.45, 7) is 2.63. The molecule has 0 bridgehead atoms. The highest BCUT2D eigenvalue weighted by molar-refractivity contribution is 6.30. The van der Waals surface area contributed by atoms with Crippen LogP contribution >= 0.6 is 11.6 Å². The Kier molecular flexibility index (Phi) is 3.13. The maximum absolute atomic E-state index is 5.90. The number of benzene rings is 1. The van der Waals surface area contributed by atoms with Crippen molar-refractivity contribution in [1.82, 2.24) is 4.98 Å². The van der Waals surface area contributed by atoms with Crippen molar-refractivity contribution < 1.29 is 4.42 Å². The first-order valence-electron chi connectivity index (χ1n) is 6.05. The number of furan rings is 1. The third-order valence-electron chi connectivity index (χ3n) is 3.06. The SMILES string of the molecule is Cc1cc(NCc2coc3ccccc23)cnc1Cl. The maximum Gasteiger partial charge on any atom is 0.134 e. The number of halogens is 1. The standard InChI is InChI=1S/C15H13ClN2O/c1-10-6-12(8-18-15(10)16)17-7-11-9-19-14-5-3-2-4-13(11)14/h2-6,8-9,17H,7H2,1H3. The van der Waals surface area contributed by atoms with Gasteiger partial charge in [-0.05, 0) is 24.6 Å². The Morgan fingerprint density at radius 3 is 3.00 bits per heavy atom. The summed E-state index contributed by atoms with van der Waals surface area (Å²) >= 11 is 5.90. The number of aryl methyl sites for hydroxylation is 1. The monoisotopic (exact) mass is 272 g/mol. The summed E-state index contributed by atoms with van der Waals surface area (Å²) in [6, 6.07) is 9.98. The van der Waals surface area contributed by atoms with Gasteiger partial charge in [-0.3, -0.25) is 0 Å². The Hall–Kier alpha value is -2.00. The Balaban J connectivity index is 1.80. The molecule has 0 aliphatic heterocycles. The third kappa shape index (κ3) is 2.42. The van der Waals surface area contributed by atoms with Crippen molar-refractivity contribution in [3.8, 4) is 0 Å². The van der Waals surface area contributed by atoms with Gasteiger partial charge in [-0.25, -0.2) is 4.98 Å². The lowest BCUT2D eigenvalue weighted by Crippen LogP contribution is -1.99. The van der Waals surface area contributed by atoms with Gasteiger partial charge < -0.3 is 9.73 Å². The van der Waals surface area contributed by atoms with Gasteiger partial charge in [0.25, 0.3) is 0 Å². The van der Waals surface area contributed by atoms with Gasteiger partial charge in [0.05, 0.1) is 18.1 Å². The number of para-hydroxylation sites is 1. The molecule has 19 heavy (non-hydrogen) atoms. The van der Waals surface area contributed by atoms with Crippen LogP contribution in [0.25, 0.3) is 11.0 Å². The number of pyridine rings is 1. The van der Waals surface area contributed by atoms with E-state index in [-0.39, 0.29) is 0 Å². The molecule has 4 heteroatoms. The lowest BCUT2D eigenvalue weighted by Gasteiger charge is -2.06. The Morgan fingerprint density at radius 2 is 2.16 bits per heavy atom. The summed E-state index contributed by atoms with van der Waals surface area (Å²) in [5, 5.41) is 5.00. The van der Waals surface area contributed by atoms with E-state index in [0.29, 0.717) is 11.7 Å². The van der Waals surface area contributed by atoms with Crippen LogP contribution in [-0.2, 0) is 6.54 Å². The summed E-state index contributed by atoms with van der Waals surface area (Å²) in [5.41, 5.74) is 3.95. The van der Waals surface area contributed by atoms with Crippen molar-refractivity contribution in [1.29, 1.82) is 0 Å². The number of hydrogen-bond acceptors (Lipinski definition) is 3. The van der Waals surface area contributed by atoms with E-state index in [9.17, 15) is 0 Å². The molecule has 0 aliphatic carbocycles. The highest BCUT2D eigenvalue weighted by atomic mass is 35.5. The molecule has 0 saturated carbocycles. The topological polar surface area (TPSA) is 38.1 Å². The zero-order valence-electron chi connectivity index (χ0n) is 10.5. The lowest BCUT2D eigenvalue weighted by atomic mass is 10.2. The lowest BCUT2D eigenvalue weighted by molar-refractivity contribution is 0.611. The number of hydrogen-bond donors (Lipinski definition) is 1. The van der Waals surface area contributed by atoms with E-state index in [1.807, 2.05) is 31.2 Å². The van der Waals surface area contributed by atoms with Crippen molar-refractivity contribution in [3.05, 3.63) is 59.1 Å².